The van der Waals surface area contributed by atoms with Crippen molar-refractivity contribution in [3.05, 3.63) is 12.2 Å². The highest BCUT2D eigenvalue weighted by atomic mass is 16.5. The summed E-state index contributed by atoms with van der Waals surface area (Å²) in [6.45, 7) is 1.58. The van der Waals surface area contributed by atoms with Crippen LogP contribution in [0.3, 0.4) is 0 Å². The SMILES string of the molecule is CC1CC(=O)C=CC(=O)C(O)CC(=O)O1. The van der Waals surface area contributed by atoms with Crippen LogP contribution in [0.5, 0.6) is 0 Å². The second kappa shape index (κ2) is 4.84. The summed E-state index contributed by atoms with van der Waals surface area (Å²) in [7, 11) is 0. The van der Waals surface area contributed by atoms with Crippen molar-refractivity contribution in [3.8, 4) is 0 Å². The molecule has 15 heavy (non-hydrogen) atoms. The van der Waals surface area contributed by atoms with Gasteiger partial charge in [0.15, 0.2) is 11.6 Å². The van der Waals surface area contributed by atoms with Crippen LogP contribution in [0.1, 0.15) is 19.8 Å². The first-order valence-electron chi connectivity index (χ1n) is 4.61. The van der Waals surface area contributed by atoms with E-state index in [1.54, 1.807) is 6.92 Å². The standard InChI is InChI=1S/C10H12O5/c1-6-4-7(11)2-3-8(12)9(13)5-10(14)15-6/h2-3,6,9,13H,4-5H2,1H3. The fourth-order valence-electron chi connectivity index (χ4n) is 1.21. The molecule has 0 amide bonds. The summed E-state index contributed by atoms with van der Waals surface area (Å²) in [5.74, 6) is -1.64. The van der Waals surface area contributed by atoms with E-state index in [-0.39, 0.29) is 18.6 Å². The number of ether oxygens (including phenoxy) is 1. The van der Waals surface area contributed by atoms with E-state index < -0.39 is 24.0 Å². The Bertz CT molecular complexity index is 318. The highest BCUT2D eigenvalue weighted by molar-refractivity contribution is 6.02. The topological polar surface area (TPSA) is 80.7 Å². The van der Waals surface area contributed by atoms with Crippen LogP contribution in [0.15, 0.2) is 12.2 Å². The molecule has 0 bridgehead atoms. The summed E-state index contributed by atoms with van der Waals surface area (Å²) >= 11 is 0. The maximum Gasteiger partial charge on any atom is 0.309 e. The molecule has 1 aliphatic heterocycles. The Morgan fingerprint density at radius 1 is 1.27 bits per heavy atom. The van der Waals surface area contributed by atoms with E-state index in [1.165, 1.54) is 0 Å². The van der Waals surface area contributed by atoms with Gasteiger partial charge in [0, 0.05) is 6.42 Å². The van der Waals surface area contributed by atoms with Crippen molar-refractivity contribution in [2.24, 2.45) is 0 Å². The monoisotopic (exact) mass is 212 g/mol. The van der Waals surface area contributed by atoms with Gasteiger partial charge in [0.1, 0.15) is 12.2 Å². The number of ketones is 2. The molecule has 5 nitrogen and oxygen atoms in total. The van der Waals surface area contributed by atoms with Crippen LogP contribution >= 0.6 is 0 Å². The Hall–Kier alpha value is -1.49. The molecule has 0 aromatic rings. The molecule has 0 aromatic heterocycles. The molecule has 2 atom stereocenters. The lowest BCUT2D eigenvalue weighted by atomic mass is 10.1. The van der Waals surface area contributed by atoms with Gasteiger partial charge in [-0.3, -0.25) is 14.4 Å². The van der Waals surface area contributed by atoms with Gasteiger partial charge in [-0.25, -0.2) is 0 Å². The summed E-state index contributed by atoms with van der Waals surface area (Å²) in [5, 5.41) is 9.23. The van der Waals surface area contributed by atoms with Gasteiger partial charge in [-0.05, 0) is 19.1 Å². The molecular formula is C10H12O5. The number of cyclic esters (lactones) is 1. The summed E-state index contributed by atoms with van der Waals surface area (Å²) in [6.07, 6.45) is -0.186. The molecule has 0 radical (unpaired) electrons. The summed E-state index contributed by atoms with van der Waals surface area (Å²) in [4.78, 5) is 33.4. The molecule has 2 unspecified atom stereocenters. The second-order valence-corrected chi connectivity index (χ2v) is 3.43. The van der Waals surface area contributed by atoms with Crippen LogP contribution in [0.2, 0.25) is 0 Å². The molecule has 0 aliphatic carbocycles. The largest absolute Gasteiger partial charge is 0.462 e. The lowest BCUT2D eigenvalue weighted by Gasteiger charge is -2.14. The van der Waals surface area contributed by atoms with Gasteiger partial charge < -0.3 is 9.84 Å². The number of allylic oxidation sites excluding steroid dienone is 1. The first kappa shape index (κ1) is 11.6. The normalized spacial score (nSPS) is 28.8. The van der Waals surface area contributed by atoms with Crippen LogP contribution in [0, 0.1) is 0 Å². The lowest BCUT2D eigenvalue weighted by molar-refractivity contribution is -0.153. The number of rotatable bonds is 0. The quantitative estimate of drug-likeness (QED) is 0.561. The third-order valence-electron chi connectivity index (χ3n) is 1.94. The van der Waals surface area contributed by atoms with Gasteiger partial charge in [-0.1, -0.05) is 0 Å². The molecule has 0 aromatic carbocycles. The van der Waals surface area contributed by atoms with Gasteiger partial charge >= 0.3 is 5.97 Å². The van der Waals surface area contributed by atoms with Gasteiger partial charge in [-0.2, -0.15) is 0 Å². The summed E-state index contributed by atoms with van der Waals surface area (Å²) in [5.41, 5.74) is 0. The van der Waals surface area contributed by atoms with Gasteiger partial charge in [-0.15, -0.1) is 0 Å². The number of hydrogen-bond acceptors (Lipinski definition) is 5. The Morgan fingerprint density at radius 2 is 1.93 bits per heavy atom. The molecule has 1 N–H and O–H groups in total. The van der Waals surface area contributed by atoms with Crippen molar-refractivity contribution in [2.45, 2.75) is 32.0 Å². The fraction of sp³-hybridized carbons (Fsp3) is 0.500. The zero-order chi connectivity index (χ0) is 11.4. The summed E-state index contributed by atoms with van der Waals surface area (Å²) < 4.78 is 4.81. The molecule has 0 saturated carbocycles. The molecule has 0 fully saturated rings. The van der Waals surface area contributed by atoms with Crippen LogP contribution < -0.4 is 0 Å². The van der Waals surface area contributed by atoms with Crippen molar-refractivity contribution < 1.29 is 24.2 Å². The van der Waals surface area contributed by atoms with Gasteiger partial charge in [0.05, 0.1) is 6.42 Å². The minimum absolute atomic E-state index is 0.0472. The molecule has 1 aliphatic rings. The smallest absolute Gasteiger partial charge is 0.309 e. The molecule has 0 spiro atoms. The number of hydrogen-bond donors (Lipinski definition) is 1. The highest BCUT2D eigenvalue weighted by Gasteiger charge is 2.21. The van der Waals surface area contributed by atoms with E-state index in [0.717, 1.165) is 12.2 Å². The first-order valence-corrected chi connectivity index (χ1v) is 4.61. The lowest BCUT2D eigenvalue weighted by Crippen LogP contribution is -2.27. The second-order valence-electron chi connectivity index (χ2n) is 3.43. The summed E-state index contributed by atoms with van der Waals surface area (Å²) in [6, 6.07) is 0. The molecule has 1 rings (SSSR count). The highest BCUT2D eigenvalue weighted by Crippen LogP contribution is 2.06. The molecule has 82 valence electrons. The third kappa shape index (κ3) is 3.63. The van der Waals surface area contributed by atoms with Crippen molar-refractivity contribution in [1.82, 2.24) is 0 Å². The average molecular weight is 212 g/mol. The van der Waals surface area contributed by atoms with Crippen molar-refractivity contribution >= 4 is 17.5 Å². The number of aliphatic hydroxyl groups excluding tert-OH is 1. The van der Waals surface area contributed by atoms with Gasteiger partial charge in [0.25, 0.3) is 0 Å². The maximum absolute atomic E-state index is 11.2. The zero-order valence-corrected chi connectivity index (χ0v) is 8.30. The van der Waals surface area contributed by atoms with E-state index in [4.69, 9.17) is 4.74 Å². The number of esters is 1. The van der Waals surface area contributed by atoms with Crippen molar-refractivity contribution in [3.63, 3.8) is 0 Å². The number of aliphatic hydroxyl groups is 1. The molecule has 1 heterocycles. The van der Waals surface area contributed by atoms with Crippen LogP contribution in [-0.2, 0) is 19.1 Å². The minimum atomic E-state index is -1.42. The Balaban J connectivity index is 2.81. The Morgan fingerprint density at radius 3 is 2.60 bits per heavy atom. The van der Waals surface area contributed by atoms with Crippen molar-refractivity contribution in [2.75, 3.05) is 0 Å². The maximum atomic E-state index is 11.2. The average Bonchev–Trinajstić information content (AvgIpc) is 2.12. The Kier molecular flexibility index (Phi) is 3.74. The van der Waals surface area contributed by atoms with E-state index in [1.807, 2.05) is 0 Å². The van der Waals surface area contributed by atoms with Crippen LogP contribution in [-0.4, -0.2) is 34.9 Å². The number of carbonyl (C=O) groups excluding carboxylic acids is 3. The van der Waals surface area contributed by atoms with Crippen LogP contribution in [0.25, 0.3) is 0 Å². The third-order valence-corrected chi connectivity index (χ3v) is 1.94. The molecule has 5 heteroatoms. The van der Waals surface area contributed by atoms with E-state index >= 15 is 0 Å². The van der Waals surface area contributed by atoms with E-state index in [0.29, 0.717) is 0 Å². The van der Waals surface area contributed by atoms with E-state index in [2.05, 4.69) is 0 Å². The predicted octanol–water partition coefficient (Wildman–Crippen LogP) is -0.233. The molecule has 0 saturated heterocycles. The predicted molar refractivity (Wildman–Crippen MR) is 49.9 cm³/mol. The van der Waals surface area contributed by atoms with Crippen molar-refractivity contribution in [1.29, 1.82) is 0 Å². The zero-order valence-electron chi connectivity index (χ0n) is 8.30. The minimum Gasteiger partial charge on any atom is -0.462 e. The Labute approximate surface area is 86.7 Å². The van der Waals surface area contributed by atoms with Crippen LogP contribution in [0.4, 0.5) is 0 Å². The van der Waals surface area contributed by atoms with Gasteiger partial charge in [0.2, 0.25) is 0 Å². The fourth-order valence-corrected chi connectivity index (χ4v) is 1.21. The first-order chi connectivity index (χ1) is 6.99. The molecular weight excluding hydrogens is 200 g/mol. The van der Waals surface area contributed by atoms with E-state index in [9.17, 15) is 19.5 Å². The number of carbonyl (C=O) groups is 3.